The molecule has 3 N–H and O–H groups in total. The Morgan fingerprint density at radius 2 is 2.10 bits per heavy atom. The summed E-state index contributed by atoms with van der Waals surface area (Å²) in [5.74, 6) is 1.19. The van der Waals surface area contributed by atoms with E-state index < -0.39 is 0 Å². The third kappa shape index (κ3) is 3.68. The zero-order chi connectivity index (χ0) is 15.4. The molecule has 0 saturated carbocycles. The molecule has 0 amide bonds. The Balaban J connectivity index is 2.42. The van der Waals surface area contributed by atoms with Gasteiger partial charge in [-0.15, -0.1) is 0 Å². The molecule has 21 heavy (non-hydrogen) atoms. The lowest BCUT2D eigenvalue weighted by Gasteiger charge is -2.22. The van der Waals surface area contributed by atoms with Crippen molar-refractivity contribution in [1.82, 2.24) is 4.98 Å². The SMILES string of the molecule is COCC(Nc1cc(C(N)=S)c2ccccc2n1)C(C)C. The Morgan fingerprint density at radius 3 is 2.71 bits per heavy atom. The summed E-state index contributed by atoms with van der Waals surface area (Å²) >= 11 is 5.16. The summed E-state index contributed by atoms with van der Waals surface area (Å²) in [6, 6.07) is 9.95. The molecule has 2 rings (SSSR count). The number of methoxy groups -OCH3 is 1. The van der Waals surface area contributed by atoms with Gasteiger partial charge in [-0.2, -0.15) is 0 Å². The third-order valence-corrected chi connectivity index (χ3v) is 3.69. The molecule has 0 aliphatic carbocycles. The van der Waals surface area contributed by atoms with Crippen LogP contribution in [0, 0.1) is 5.92 Å². The van der Waals surface area contributed by atoms with Crippen LogP contribution < -0.4 is 11.1 Å². The number of thiocarbonyl (C=S) groups is 1. The number of anilines is 1. The van der Waals surface area contributed by atoms with E-state index in [1.54, 1.807) is 7.11 Å². The van der Waals surface area contributed by atoms with Crippen molar-refractivity contribution in [1.29, 1.82) is 0 Å². The van der Waals surface area contributed by atoms with E-state index in [-0.39, 0.29) is 6.04 Å². The minimum absolute atomic E-state index is 0.183. The first kappa shape index (κ1) is 15.7. The smallest absolute Gasteiger partial charge is 0.127 e. The standard InChI is InChI=1S/C16H21N3OS/c1-10(2)14(9-20-3)19-15-8-12(16(17)21)11-6-4-5-7-13(11)18-15/h4-8,10,14H,9H2,1-3H3,(H2,17,21)(H,18,19). The highest BCUT2D eigenvalue weighted by Gasteiger charge is 2.15. The topological polar surface area (TPSA) is 60.2 Å². The molecule has 0 fully saturated rings. The maximum Gasteiger partial charge on any atom is 0.127 e. The van der Waals surface area contributed by atoms with Gasteiger partial charge in [-0.25, -0.2) is 4.98 Å². The summed E-state index contributed by atoms with van der Waals surface area (Å²) in [6.45, 7) is 4.91. The van der Waals surface area contributed by atoms with Crippen LogP contribution in [0.2, 0.25) is 0 Å². The highest BCUT2D eigenvalue weighted by molar-refractivity contribution is 7.80. The second-order valence-electron chi connectivity index (χ2n) is 5.39. The van der Waals surface area contributed by atoms with Crippen LogP contribution in [-0.2, 0) is 4.74 Å². The first-order valence-electron chi connectivity index (χ1n) is 6.98. The van der Waals surface area contributed by atoms with Crippen LogP contribution in [0.3, 0.4) is 0 Å². The van der Waals surface area contributed by atoms with Crippen molar-refractivity contribution >= 4 is 33.9 Å². The number of hydrogen-bond donors (Lipinski definition) is 2. The number of aromatic nitrogens is 1. The summed E-state index contributed by atoms with van der Waals surface area (Å²) in [5, 5.41) is 4.39. The van der Waals surface area contributed by atoms with Gasteiger partial charge in [0, 0.05) is 18.1 Å². The number of nitrogens with zero attached hydrogens (tertiary/aromatic N) is 1. The molecule has 0 spiro atoms. The summed E-state index contributed by atoms with van der Waals surface area (Å²) in [6.07, 6.45) is 0. The summed E-state index contributed by atoms with van der Waals surface area (Å²) < 4.78 is 5.26. The van der Waals surface area contributed by atoms with E-state index in [9.17, 15) is 0 Å². The van der Waals surface area contributed by atoms with Gasteiger partial charge in [-0.1, -0.05) is 44.3 Å². The van der Waals surface area contributed by atoms with Gasteiger partial charge in [-0.3, -0.25) is 0 Å². The number of hydrogen-bond acceptors (Lipinski definition) is 4. The molecular weight excluding hydrogens is 282 g/mol. The van der Waals surface area contributed by atoms with Crippen LogP contribution in [0.1, 0.15) is 19.4 Å². The molecule has 1 unspecified atom stereocenters. The van der Waals surface area contributed by atoms with Gasteiger partial charge in [0.1, 0.15) is 10.8 Å². The number of nitrogens with one attached hydrogen (secondary N) is 1. The van der Waals surface area contributed by atoms with Gasteiger partial charge in [0.25, 0.3) is 0 Å². The zero-order valence-corrected chi connectivity index (χ0v) is 13.4. The number of rotatable bonds is 6. The van der Waals surface area contributed by atoms with Crippen LogP contribution in [0.5, 0.6) is 0 Å². The molecule has 0 saturated heterocycles. The molecule has 112 valence electrons. The van der Waals surface area contributed by atoms with Gasteiger partial charge in [-0.05, 0) is 18.1 Å². The largest absolute Gasteiger partial charge is 0.389 e. The van der Waals surface area contributed by atoms with E-state index in [1.807, 2.05) is 30.3 Å². The Bertz CT molecular complexity index is 642. The van der Waals surface area contributed by atoms with Crippen molar-refractivity contribution in [2.45, 2.75) is 19.9 Å². The van der Waals surface area contributed by atoms with Crippen molar-refractivity contribution in [3.63, 3.8) is 0 Å². The normalized spacial score (nSPS) is 12.6. The Kier molecular flexibility index (Phi) is 5.09. The fraction of sp³-hybridized carbons (Fsp3) is 0.375. The number of ether oxygens (including phenoxy) is 1. The lowest BCUT2D eigenvalue weighted by molar-refractivity contribution is 0.171. The highest BCUT2D eigenvalue weighted by atomic mass is 32.1. The van der Waals surface area contributed by atoms with Gasteiger partial charge in [0.15, 0.2) is 0 Å². The Hall–Kier alpha value is -1.72. The third-order valence-electron chi connectivity index (χ3n) is 3.47. The Labute approximate surface area is 130 Å². The molecular formula is C16H21N3OS. The molecule has 1 aromatic carbocycles. The van der Waals surface area contributed by atoms with Crippen LogP contribution in [0.15, 0.2) is 30.3 Å². The van der Waals surface area contributed by atoms with Crippen molar-refractivity contribution in [3.05, 3.63) is 35.9 Å². The molecule has 2 aromatic rings. The second-order valence-corrected chi connectivity index (χ2v) is 5.83. The monoisotopic (exact) mass is 303 g/mol. The summed E-state index contributed by atoms with van der Waals surface area (Å²) in [7, 11) is 1.70. The quantitative estimate of drug-likeness (QED) is 0.804. The number of fused-ring (bicyclic) bond motifs is 1. The predicted molar refractivity (Wildman–Crippen MR) is 91.8 cm³/mol. The fourth-order valence-corrected chi connectivity index (χ4v) is 2.39. The second kappa shape index (κ2) is 6.83. The Morgan fingerprint density at radius 1 is 1.38 bits per heavy atom. The highest BCUT2D eigenvalue weighted by Crippen LogP contribution is 2.22. The number of pyridine rings is 1. The lowest BCUT2D eigenvalue weighted by Crippen LogP contribution is -2.31. The molecule has 1 aromatic heterocycles. The molecule has 0 bridgehead atoms. The molecule has 0 radical (unpaired) electrons. The number of nitrogens with two attached hydrogens (primary N) is 1. The van der Waals surface area contributed by atoms with Crippen molar-refractivity contribution in [2.24, 2.45) is 11.7 Å². The minimum atomic E-state index is 0.183. The maximum absolute atomic E-state index is 5.85. The maximum atomic E-state index is 5.85. The van der Waals surface area contributed by atoms with E-state index in [0.29, 0.717) is 17.5 Å². The van der Waals surface area contributed by atoms with Crippen molar-refractivity contribution < 1.29 is 4.74 Å². The van der Waals surface area contributed by atoms with Crippen molar-refractivity contribution in [2.75, 3.05) is 19.0 Å². The number of para-hydroxylation sites is 1. The minimum Gasteiger partial charge on any atom is -0.389 e. The van der Waals surface area contributed by atoms with E-state index in [0.717, 1.165) is 22.3 Å². The van der Waals surface area contributed by atoms with E-state index in [2.05, 4.69) is 24.1 Å². The van der Waals surface area contributed by atoms with Crippen molar-refractivity contribution in [3.8, 4) is 0 Å². The number of benzene rings is 1. The molecule has 1 atom stereocenters. The predicted octanol–water partition coefficient (Wildman–Crippen LogP) is 2.95. The molecule has 5 heteroatoms. The first-order chi connectivity index (χ1) is 10.0. The van der Waals surface area contributed by atoms with E-state index >= 15 is 0 Å². The van der Waals surface area contributed by atoms with Gasteiger partial charge >= 0.3 is 0 Å². The van der Waals surface area contributed by atoms with Gasteiger partial charge < -0.3 is 15.8 Å². The van der Waals surface area contributed by atoms with Gasteiger partial charge in [0.05, 0.1) is 18.2 Å². The van der Waals surface area contributed by atoms with Crippen LogP contribution in [0.25, 0.3) is 10.9 Å². The average molecular weight is 303 g/mol. The zero-order valence-electron chi connectivity index (χ0n) is 12.6. The molecule has 4 nitrogen and oxygen atoms in total. The molecule has 0 aliphatic rings. The average Bonchev–Trinajstić information content (AvgIpc) is 2.45. The van der Waals surface area contributed by atoms with Crippen LogP contribution in [0.4, 0.5) is 5.82 Å². The summed E-state index contributed by atoms with van der Waals surface area (Å²) in [4.78, 5) is 5.02. The molecule has 1 heterocycles. The lowest BCUT2D eigenvalue weighted by atomic mass is 10.0. The van der Waals surface area contributed by atoms with E-state index in [1.165, 1.54) is 0 Å². The first-order valence-corrected chi connectivity index (χ1v) is 7.38. The van der Waals surface area contributed by atoms with Crippen LogP contribution >= 0.6 is 12.2 Å². The van der Waals surface area contributed by atoms with Crippen LogP contribution in [-0.4, -0.2) is 29.7 Å². The fourth-order valence-electron chi connectivity index (χ4n) is 2.22. The van der Waals surface area contributed by atoms with Gasteiger partial charge in [0.2, 0.25) is 0 Å². The molecule has 0 aliphatic heterocycles. The van der Waals surface area contributed by atoms with E-state index in [4.69, 9.17) is 22.7 Å². The summed E-state index contributed by atoms with van der Waals surface area (Å²) in [5.41, 5.74) is 7.57.